The van der Waals surface area contributed by atoms with Crippen molar-refractivity contribution in [2.45, 2.75) is 32.4 Å². The number of fused-ring (bicyclic) bond motifs is 1. The number of aryl methyl sites for hydroxylation is 1. The van der Waals surface area contributed by atoms with Crippen LogP contribution in [0.15, 0.2) is 29.1 Å². The first-order valence-corrected chi connectivity index (χ1v) is 8.09. The molecule has 1 saturated heterocycles. The molecule has 0 spiro atoms. The number of benzene rings is 1. The molecule has 122 valence electrons. The van der Waals surface area contributed by atoms with Gasteiger partial charge in [0, 0.05) is 18.0 Å². The lowest BCUT2D eigenvalue weighted by Gasteiger charge is -2.29. The van der Waals surface area contributed by atoms with Crippen molar-refractivity contribution >= 4 is 16.8 Å². The third-order valence-corrected chi connectivity index (χ3v) is 4.43. The molecular weight excluding hydrogens is 292 g/mol. The van der Waals surface area contributed by atoms with Crippen molar-refractivity contribution in [3.63, 3.8) is 0 Å². The first-order chi connectivity index (χ1) is 11.1. The largest absolute Gasteiger partial charge is 0.348 e. The van der Waals surface area contributed by atoms with E-state index in [1.54, 1.807) is 10.7 Å². The molecule has 0 radical (unpaired) electrons. The van der Waals surface area contributed by atoms with Gasteiger partial charge in [-0.15, -0.1) is 0 Å². The Morgan fingerprint density at radius 3 is 2.70 bits per heavy atom. The van der Waals surface area contributed by atoms with Gasteiger partial charge in [0.2, 0.25) is 5.43 Å². The van der Waals surface area contributed by atoms with Crippen LogP contribution in [0.5, 0.6) is 0 Å². The van der Waals surface area contributed by atoms with Gasteiger partial charge in [0.05, 0.1) is 5.52 Å². The van der Waals surface area contributed by atoms with Gasteiger partial charge < -0.3 is 10.2 Å². The number of likely N-dealkylation sites (tertiary alicyclic amines) is 1. The van der Waals surface area contributed by atoms with E-state index in [1.165, 1.54) is 0 Å². The van der Waals surface area contributed by atoms with Crippen LogP contribution in [-0.2, 0) is 6.54 Å². The molecule has 1 aromatic heterocycles. The van der Waals surface area contributed by atoms with Gasteiger partial charge in [-0.25, -0.2) is 0 Å². The van der Waals surface area contributed by atoms with E-state index >= 15 is 0 Å². The van der Waals surface area contributed by atoms with Crippen molar-refractivity contribution < 1.29 is 4.79 Å². The molecule has 3 rings (SSSR count). The number of para-hydroxylation sites is 1. The van der Waals surface area contributed by atoms with E-state index in [0.717, 1.165) is 31.4 Å². The number of carbonyl (C=O) groups excluding carboxylic acids is 1. The van der Waals surface area contributed by atoms with Crippen LogP contribution < -0.4 is 10.7 Å². The summed E-state index contributed by atoms with van der Waals surface area (Å²) >= 11 is 0. The average Bonchev–Trinajstić information content (AvgIpc) is 2.57. The van der Waals surface area contributed by atoms with E-state index in [9.17, 15) is 9.59 Å². The highest BCUT2D eigenvalue weighted by Crippen LogP contribution is 2.11. The van der Waals surface area contributed by atoms with Gasteiger partial charge in [0.15, 0.2) is 5.69 Å². The summed E-state index contributed by atoms with van der Waals surface area (Å²) in [5.41, 5.74) is 0.455. The van der Waals surface area contributed by atoms with Gasteiger partial charge in [-0.2, -0.15) is 5.10 Å². The van der Waals surface area contributed by atoms with Gasteiger partial charge in [-0.1, -0.05) is 12.1 Å². The monoisotopic (exact) mass is 314 g/mol. The number of amides is 1. The molecule has 1 N–H and O–H groups in total. The van der Waals surface area contributed by atoms with Crippen molar-refractivity contribution in [2.24, 2.45) is 0 Å². The Morgan fingerprint density at radius 2 is 2.00 bits per heavy atom. The Hall–Kier alpha value is -2.21. The number of aromatic nitrogens is 2. The Kier molecular flexibility index (Phi) is 4.43. The van der Waals surface area contributed by atoms with Crippen LogP contribution in [0.2, 0.25) is 0 Å². The number of hydrogen-bond acceptors (Lipinski definition) is 4. The standard InChI is InChI=1S/C17H22N4O2/c1-3-21-14-7-5-4-6-13(14)16(22)15(19-21)17(23)18-12-8-10-20(2)11-9-12/h4-7,12H,3,8-11H2,1-2H3,(H,18,23). The molecule has 1 aliphatic heterocycles. The quantitative estimate of drug-likeness (QED) is 0.925. The topological polar surface area (TPSA) is 67.2 Å². The predicted molar refractivity (Wildman–Crippen MR) is 89.7 cm³/mol. The Bertz CT molecular complexity index is 776. The summed E-state index contributed by atoms with van der Waals surface area (Å²) < 4.78 is 1.71. The fraction of sp³-hybridized carbons (Fsp3) is 0.471. The van der Waals surface area contributed by atoms with E-state index in [4.69, 9.17) is 0 Å². The summed E-state index contributed by atoms with van der Waals surface area (Å²) in [6, 6.07) is 7.39. The molecule has 6 nitrogen and oxygen atoms in total. The molecule has 0 atom stereocenters. The highest BCUT2D eigenvalue weighted by atomic mass is 16.2. The molecule has 0 bridgehead atoms. The van der Waals surface area contributed by atoms with E-state index < -0.39 is 0 Å². The fourth-order valence-electron chi connectivity index (χ4n) is 3.03. The van der Waals surface area contributed by atoms with Crippen LogP contribution in [0.4, 0.5) is 0 Å². The molecule has 1 aromatic carbocycles. The van der Waals surface area contributed by atoms with E-state index in [1.807, 2.05) is 25.1 Å². The molecule has 0 unspecified atom stereocenters. The second kappa shape index (κ2) is 6.50. The van der Waals surface area contributed by atoms with E-state index in [2.05, 4.69) is 22.4 Å². The molecule has 0 saturated carbocycles. The van der Waals surface area contributed by atoms with Crippen molar-refractivity contribution in [1.82, 2.24) is 20.0 Å². The van der Waals surface area contributed by atoms with Gasteiger partial charge in [-0.05, 0) is 52.0 Å². The first kappa shape index (κ1) is 15.7. The van der Waals surface area contributed by atoms with Crippen molar-refractivity contribution in [3.8, 4) is 0 Å². The van der Waals surface area contributed by atoms with Gasteiger partial charge in [0.1, 0.15) is 0 Å². The first-order valence-electron chi connectivity index (χ1n) is 8.09. The molecule has 1 amide bonds. The lowest BCUT2D eigenvalue weighted by atomic mass is 10.1. The van der Waals surface area contributed by atoms with Crippen molar-refractivity contribution in [3.05, 3.63) is 40.2 Å². The summed E-state index contributed by atoms with van der Waals surface area (Å²) in [4.78, 5) is 27.4. The average molecular weight is 314 g/mol. The lowest BCUT2D eigenvalue weighted by molar-refractivity contribution is 0.0908. The van der Waals surface area contributed by atoms with Crippen LogP contribution in [0.25, 0.3) is 10.9 Å². The van der Waals surface area contributed by atoms with Gasteiger partial charge >= 0.3 is 0 Å². The molecule has 0 aliphatic carbocycles. The van der Waals surface area contributed by atoms with Crippen LogP contribution in [0.1, 0.15) is 30.3 Å². The summed E-state index contributed by atoms with van der Waals surface area (Å²) in [7, 11) is 2.07. The Labute approximate surface area is 135 Å². The van der Waals surface area contributed by atoms with Gasteiger partial charge in [0.25, 0.3) is 5.91 Å². The van der Waals surface area contributed by atoms with Gasteiger partial charge in [-0.3, -0.25) is 14.3 Å². The molecule has 2 heterocycles. The number of rotatable bonds is 3. The zero-order valence-corrected chi connectivity index (χ0v) is 13.6. The second-order valence-corrected chi connectivity index (χ2v) is 6.06. The lowest BCUT2D eigenvalue weighted by Crippen LogP contribution is -2.45. The molecular formula is C17H22N4O2. The number of carbonyl (C=O) groups is 1. The van der Waals surface area contributed by atoms with Crippen LogP contribution in [-0.4, -0.2) is 46.8 Å². The second-order valence-electron chi connectivity index (χ2n) is 6.06. The third-order valence-electron chi connectivity index (χ3n) is 4.43. The minimum absolute atomic E-state index is 0.00974. The van der Waals surface area contributed by atoms with Crippen molar-refractivity contribution in [1.29, 1.82) is 0 Å². The van der Waals surface area contributed by atoms with E-state index in [-0.39, 0.29) is 23.1 Å². The van der Waals surface area contributed by atoms with E-state index in [0.29, 0.717) is 11.9 Å². The highest BCUT2D eigenvalue weighted by molar-refractivity contribution is 5.95. The minimum Gasteiger partial charge on any atom is -0.348 e. The maximum Gasteiger partial charge on any atom is 0.276 e. The summed E-state index contributed by atoms with van der Waals surface area (Å²) in [5.74, 6) is -0.363. The summed E-state index contributed by atoms with van der Waals surface area (Å²) in [6.45, 7) is 4.46. The van der Waals surface area contributed by atoms with Crippen LogP contribution >= 0.6 is 0 Å². The number of nitrogens with one attached hydrogen (secondary N) is 1. The number of piperidine rings is 1. The molecule has 23 heavy (non-hydrogen) atoms. The number of hydrogen-bond donors (Lipinski definition) is 1. The molecule has 6 heteroatoms. The molecule has 1 fully saturated rings. The zero-order valence-electron chi connectivity index (χ0n) is 13.6. The maximum absolute atomic E-state index is 12.6. The van der Waals surface area contributed by atoms with Crippen LogP contribution in [0, 0.1) is 0 Å². The molecule has 1 aliphatic rings. The Morgan fingerprint density at radius 1 is 1.30 bits per heavy atom. The van der Waals surface area contributed by atoms with Crippen LogP contribution in [0.3, 0.4) is 0 Å². The highest BCUT2D eigenvalue weighted by Gasteiger charge is 2.22. The molecule has 2 aromatic rings. The predicted octanol–water partition coefficient (Wildman–Crippen LogP) is 1.24. The Balaban J connectivity index is 1.91. The normalized spacial score (nSPS) is 16.6. The number of nitrogens with zero attached hydrogens (tertiary/aromatic N) is 3. The van der Waals surface area contributed by atoms with Crippen molar-refractivity contribution in [2.75, 3.05) is 20.1 Å². The SMILES string of the molecule is CCn1nc(C(=O)NC2CCN(C)CC2)c(=O)c2ccccc21. The fourth-order valence-corrected chi connectivity index (χ4v) is 3.03. The summed E-state index contributed by atoms with van der Waals surface area (Å²) in [5, 5.41) is 7.79. The summed E-state index contributed by atoms with van der Waals surface area (Å²) in [6.07, 6.45) is 1.80. The third kappa shape index (κ3) is 3.12. The minimum atomic E-state index is -0.363. The maximum atomic E-state index is 12.6. The smallest absolute Gasteiger partial charge is 0.276 e. The zero-order chi connectivity index (χ0) is 16.4.